The molecule has 7 nitrogen and oxygen atoms in total. The molecular formula is C18H21F3N6OS. The van der Waals surface area contributed by atoms with E-state index in [0.717, 1.165) is 12.6 Å². The largest absolute Gasteiger partial charge is 0.477 e. The Morgan fingerprint density at radius 2 is 2.17 bits per heavy atom. The maximum atomic E-state index is 12.5. The molecule has 1 saturated heterocycles. The summed E-state index contributed by atoms with van der Waals surface area (Å²) in [4.78, 5) is 6.40. The van der Waals surface area contributed by atoms with Crippen LogP contribution in [0.5, 0.6) is 5.75 Å². The fraction of sp³-hybridized carbons (Fsp3) is 0.389. The number of aryl methyl sites for hydroxylation is 1. The molecule has 3 aromatic heterocycles. The summed E-state index contributed by atoms with van der Waals surface area (Å²) in [6.07, 6.45) is -3.16. The quantitative estimate of drug-likeness (QED) is 0.476. The van der Waals surface area contributed by atoms with Gasteiger partial charge < -0.3 is 15.0 Å². The number of rotatable bonds is 6. The predicted molar refractivity (Wildman–Crippen MR) is 107 cm³/mol. The average Bonchev–Trinajstić information content (AvgIpc) is 3.28. The molecule has 1 aliphatic heterocycles. The fourth-order valence-electron chi connectivity index (χ4n) is 2.24. The Kier molecular flexibility index (Phi) is 6.26. The van der Waals surface area contributed by atoms with Crippen LogP contribution in [-0.4, -0.2) is 50.9 Å². The highest BCUT2D eigenvalue weighted by Gasteiger charge is 2.38. The zero-order valence-electron chi connectivity index (χ0n) is 16.0. The zero-order chi connectivity index (χ0) is 21.0. The summed E-state index contributed by atoms with van der Waals surface area (Å²) in [5.74, 6) is 0.317. The van der Waals surface area contributed by atoms with Crippen LogP contribution in [0.15, 0.2) is 37.1 Å². The predicted octanol–water partition coefficient (Wildman–Crippen LogP) is 3.93. The second-order valence-corrected chi connectivity index (χ2v) is 7.12. The number of ether oxygens (including phenoxy) is 1. The van der Waals surface area contributed by atoms with E-state index < -0.39 is 12.3 Å². The highest BCUT2D eigenvalue weighted by atomic mass is 32.1. The van der Waals surface area contributed by atoms with Gasteiger partial charge in [-0.15, -0.1) is 11.7 Å². The molecule has 4 rings (SSSR count). The number of nitrogens with one attached hydrogen (secondary N) is 1. The van der Waals surface area contributed by atoms with E-state index in [-0.39, 0.29) is 11.4 Å². The van der Waals surface area contributed by atoms with Crippen molar-refractivity contribution in [3.05, 3.63) is 42.7 Å². The van der Waals surface area contributed by atoms with E-state index in [1.807, 2.05) is 6.92 Å². The van der Waals surface area contributed by atoms with Gasteiger partial charge in [-0.2, -0.15) is 22.5 Å². The van der Waals surface area contributed by atoms with Gasteiger partial charge in [0.2, 0.25) is 5.95 Å². The fourth-order valence-corrected chi connectivity index (χ4v) is 3.05. The Balaban J connectivity index is 0.000000220. The van der Waals surface area contributed by atoms with Crippen molar-refractivity contribution in [2.75, 3.05) is 29.9 Å². The van der Waals surface area contributed by atoms with Gasteiger partial charge in [-0.05, 0) is 43.6 Å². The van der Waals surface area contributed by atoms with Gasteiger partial charge in [-0.1, -0.05) is 6.08 Å². The minimum atomic E-state index is -4.43. The molecule has 1 unspecified atom stereocenters. The van der Waals surface area contributed by atoms with Crippen molar-refractivity contribution in [2.24, 2.45) is 0 Å². The minimum Gasteiger partial charge on any atom is -0.477 e. The summed E-state index contributed by atoms with van der Waals surface area (Å²) in [6.45, 7) is 9.41. The van der Waals surface area contributed by atoms with Crippen molar-refractivity contribution in [3.8, 4) is 5.75 Å². The van der Waals surface area contributed by atoms with Gasteiger partial charge in [0.25, 0.3) is 0 Å². The zero-order valence-corrected chi connectivity index (χ0v) is 16.8. The highest BCUT2D eigenvalue weighted by molar-refractivity contribution is 7.10. The van der Waals surface area contributed by atoms with Crippen molar-refractivity contribution >= 4 is 28.1 Å². The summed E-state index contributed by atoms with van der Waals surface area (Å²) in [7, 11) is 0. The van der Waals surface area contributed by atoms with Crippen LogP contribution in [0.4, 0.5) is 24.1 Å². The lowest BCUT2D eigenvalue weighted by molar-refractivity contribution is -0.189. The van der Waals surface area contributed by atoms with Gasteiger partial charge in [0.05, 0.1) is 5.69 Å². The Morgan fingerprint density at radius 3 is 2.76 bits per heavy atom. The molecule has 0 spiro atoms. The summed E-state index contributed by atoms with van der Waals surface area (Å²) in [6, 6.07) is 5.10. The highest BCUT2D eigenvalue weighted by Crippen LogP contribution is 2.27. The summed E-state index contributed by atoms with van der Waals surface area (Å²) < 4.78 is 48.0. The summed E-state index contributed by atoms with van der Waals surface area (Å²) in [5.41, 5.74) is 1.36. The number of alkyl halides is 3. The van der Waals surface area contributed by atoms with Crippen LogP contribution in [0, 0.1) is 6.92 Å². The van der Waals surface area contributed by atoms with Crippen LogP contribution in [0.1, 0.15) is 12.6 Å². The van der Waals surface area contributed by atoms with Crippen LogP contribution in [-0.2, 0) is 0 Å². The SMILES string of the molecule is C=CCNc1nc2c(OC(C)C(F)(F)F)cccn2n1.Cc1cc(N2CC2)sn1. The molecule has 1 aliphatic rings. The topological polar surface area (TPSA) is 67.3 Å². The Morgan fingerprint density at radius 1 is 1.41 bits per heavy atom. The van der Waals surface area contributed by atoms with E-state index in [1.54, 1.807) is 23.8 Å². The standard InChI is InChI=1S/C12H13F3N4O.C6H8N2S/c1-3-6-16-11-17-10-9(5-4-7-19(10)18-11)20-8(2)12(13,14)15;1-5-4-6(9-7-5)8-2-3-8/h3-5,7-8H,1,6H2,2H3,(H,16,18);4H,2-3H2,1H3. The molecule has 0 saturated carbocycles. The Bertz CT molecular complexity index is 966. The van der Waals surface area contributed by atoms with Crippen LogP contribution in [0.2, 0.25) is 0 Å². The smallest absolute Gasteiger partial charge is 0.425 e. The number of nitrogens with zero attached hydrogens (tertiary/aromatic N) is 5. The second-order valence-electron chi connectivity index (χ2n) is 6.34. The summed E-state index contributed by atoms with van der Waals surface area (Å²) in [5, 5.41) is 8.25. The molecule has 0 bridgehead atoms. The van der Waals surface area contributed by atoms with Crippen molar-refractivity contribution < 1.29 is 17.9 Å². The van der Waals surface area contributed by atoms with E-state index in [1.165, 1.54) is 34.7 Å². The van der Waals surface area contributed by atoms with Gasteiger partial charge in [-0.3, -0.25) is 0 Å². The maximum absolute atomic E-state index is 12.5. The average molecular weight is 426 g/mol. The monoisotopic (exact) mass is 426 g/mol. The normalized spacial score (nSPS) is 14.2. The van der Waals surface area contributed by atoms with Gasteiger partial charge >= 0.3 is 6.18 Å². The van der Waals surface area contributed by atoms with Crippen LogP contribution in [0.25, 0.3) is 5.65 Å². The Labute approximate surface area is 170 Å². The first-order chi connectivity index (χ1) is 13.8. The van der Waals surface area contributed by atoms with Crippen molar-refractivity contribution in [2.45, 2.75) is 26.1 Å². The molecule has 0 aromatic carbocycles. The lowest BCUT2D eigenvalue weighted by Gasteiger charge is -2.17. The van der Waals surface area contributed by atoms with E-state index >= 15 is 0 Å². The number of aromatic nitrogens is 4. The van der Waals surface area contributed by atoms with E-state index in [9.17, 15) is 13.2 Å². The first-order valence-electron chi connectivity index (χ1n) is 8.89. The van der Waals surface area contributed by atoms with Crippen LogP contribution < -0.4 is 15.0 Å². The second kappa shape index (κ2) is 8.68. The third-order valence-electron chi connectivity index (χ3n) is 3.87. The van der Waals surface area contributed by atoms with Gasteiger partial charge in [0, 0.05) is 25.8 Å². The number of hydrogen-bond acceptors (Lipinski definition) is 7. The molecular weight excluding hydrogens is 405 g/mol. The maximum Gasteiger partial charge on any atom is 0.425 e. The minimum absolute atomic E-state index is 0.0245. The molecule has 3 aromatic rings. The van der Waals surface area contributed by atoms with E-state index in [2.05, 4.69) is 37.3 Å². The molecule has 1 N–H and O–H groups in total. The first kappa shape index (κ1) is 20.9. The molecule has 0 amide bonds. The number of fused-ring (bicyclic) bond motifs is 1. The van der Waals surface area contributed by atoms with Gasteiger partial charge in [0.15, 0.2) is 17.5 Å². The van der Waals surface area contributed by atoms with Crippen molar-refractivity contribution in [1.82, 2.24) is 19.0 Å². The number of anilines is 2. The molecule has 1 fully saturated rings. The molecule has 1 atom stereocenters. The third kappa shape index (κ3) is 5.59. The molecule has 156 valence electrons. The molecule has 0 radical (unpaired) electrons. The Hall–Kier alpha value is -2.82. The van der Waals surface area contributed by atoms with Crippen LogP contribution >= 0.6 is 11.5 Å². The van der Waals surface area contributed by atoms with Crippen molar-refractivity contribution in [3.63, 3.8) is 0 Å². The number of hydrogen-bond donors (Lipinski definition) is 1. The molecule has 29 heavy (non-hydrogen) atoms. The van der Waals surface area contributed by atoms with E-state index in [0.29, 0.717) is 12.5 Å². The molecule has 0 aliphatic carbocycles. The number of halogens is 3. The van der Waals surface area contributed by atoms with Gasteiger partial charge in [-0.25, -0.2) is 4.52 Å². The first-order valence-corrected chi connectivity index (χ1v) is 9.67. The third-order valence-corrected chi connectivity index (χ3v) is 4.81. The van der Waals surface area contributed by atoms with Gasteiger partial charge in [0.1, 0.15) is 5.00 Å². The summed E-state index contributed by atoms with van der Waals surface area (Å²) >= 11 is 1.60. The van der Waals surface area contributed by atoms with Crippen LogP contribution in [0.3, 0.4) is 0 Å². The van der Waals surface area contributed by atoms with Crippen molar-refractivity contribution in [1.29, 1.82) is 0 Å². The number of pyridine rings is 1. The molecule has 11 heteroatoms. The lowest BCUT2D eigenvalue weighted by Crippen LogP contribution is -2.31. The lowest BCUT2D eigenvalue weighted by atomic mass is 10.4. The molecule has 4 heterocycles. The van der Waals surface area contributed by atoms with E-state index in [4.69, 9.17) is 4.74 Å².